The second-order valence-corrected chi connectivity index (χ2v) is 6.53. The molecule has 1 fully saturated rings. The smallest absolute Gasteiger partial charge is 0.293 e. The summed E-state index contributed by atoms with van der Waals surface area (Å²) in [4.78, 5) is 21.3. The highest BCUT2D eigenvalue weighted by Crippen LogP contribution is 2.68. The summed E-state index contributed by atoms with van der Waals surface area (Å²) in [6.45, 7) is 9.54. The van der Waals surface area contributed by atoms with Gasteiger partial charge in [-0.05, 0) is 28.9 Å². The van der Waals surface area contributed by atoms with Crippen LogP contribution in [0.4, 0.5) is 11.4 Å². The molecular formula is C15H20N2O3. The van der Waals surface area contributed by atoms with Gasteiger partial charge in [0.2, 0.25) is 0 Å². The van der Waals surface area contributed by atoms with E-state index < -0.39 is 4.92 Å². The molecule has 1 aromatic carbocycles. The number of nitrogens with one attached hydrogen (secondary N) is 1. The average Bonchev–Trinajstić information content (AvgIpc) is 2.77. The quantitative estimate of drug-likeness (QED) is 0.507. The van der Waals surface area contributed by atoms with Crippen molar-refractivity contribution in [3.05, 3.63) is 33.9 Å². The van der Waals surface area contributed by atoms with Gasteiger partial charge in [-0.25, -0.2) is 0 Å². The minimum Gasteiger partial charge on any atom is -0.379 e. The summed E-state index contributed by atoms with van der Waals surface area (Å²) < 4.78 is 0. The Labute approximate surface area is 118 Å². The molecule has 5 heteroatoms. The molecule has 2 rings (SSSR count). The number of hydrogen-bond acceptors (Lipinski definition) is 4. The third-order valence-corrected chi connectivity index (χ3v) is 5.17. The van der Waals surface area contributed by atoms with Gasteiger partial charge >= 0.3 is 0 Å². The van der Waals surface area contributed by atoms with Crippen molar-refractivity contribution in [1.29, 1.82) is 0 Å². The number of nitrogens with zero attached hydrogens (tertiary/aromatic N) is 1. The third-order valence-electron chi connectivity index (χ3n) is 5.17. The Kier molecular flexibility index (Phi) is 3.32. The maximum Gasteiger partial charge on any atom is 0.293 e. The molecule has 0 atom stereocenters. The number of benzene rings is 1. The Bertz CT molecular complexity index is 550. The van der Waals surface area contributed by atoms with E-state index in [0.29, 0.717) is 30.0 Å². The number of hydrogen-bond donors (Lipinski definition) is 1. The van der Waals surface area contributed by atoms with Gasteiger partial charge in [0.05, 0.1) is 4.92 Å². The average molecular weight is 276 g/mol. The summed E-state index contributed by atoms with van der Waals surface area (Å²) >= 11 is 0. The fourth-order valence-electron chi connectivity index (χ4n) is 2.98. The van der Waals surface area contributed by atoms with Crippen molar-refractivity contribution in [1.82, 2.24) is 0 Å². The molecule has 108 valence electrons. The Morgan fingerprint density at radius 1 is 1.30 bits per heavy atom. The number of carbonyl (C=O) groups excluding carboxylic acids is 1. The maximum atomic E-state index is 11.1. The second-order valence-electron chi connectivity index (χ2n) is 6.53. The van der Waals surface area contributed by atoms with Gasteiger partial charge < -0.3 is 5.32 Å². The summed E-state index contributed by atoms with van der Waals surface area (Å²) in [6, 6.07) is 4.49. The molecule has 0 bridgehead atoms. The molecule has 1 aliphatic rings. The Morgan fingerprint density at radius 2 is 1.90 bits per heavy atom. The first-order chi connectivity index (χ1) is 9.21. The highest BCUT2D eigenvalue weighted by Gasteiger charge is 2.64. The number of aldehydes is 1. The zero-order valence-corrected chi connectivity index (χ0v) is 12.3. The molecule has 0 spiro atoms. The van der Waals surface area contributed by atoms with Crippen LogP contribution in [0.2, 0.25) is 0 Å². The number of rotatable bonds is 5. The predicted octanol–water partition coefficient (Wildman–Crippen LogP) is 3.50. The largest absolute Gasteiger partial charge is 0.379 e. The standard InChI is InChI=1S/C15H20N2O3/c1-14(2)13(15(14,3)4)8-16-11-6-5-10(9-18)7-12(11)17(19)20/h5-7,9,13,16H,8H2,1-4H3. The summed E-state index contributed by atoms with van der Waals surface area (Å²) in [5.74, 6) is 0.473. The second kappa shape index (κ2) is 4.58. The summed E-state index contributed by atoms with van der Waals surface area (Å²) in [5.41, 5.74) is 1.20. The van der Waals surface area contributed by atoms with Crippen LogP contribution in [-0.4, -0.2) is 17.8 Å². The van der Waals surface area contributed by atoms with Crippen molar-refractivity contribution in [3.8, 4) is 0 Å². The zero-order chi connectivity index (χ0) is 15.1. The maximum absolute atomic E-state index is 11.1. The number of anilines is 1. The van der Waals surface area contributed by atoms with E-state index in [2.05, 4.69) is 33.0 Å². The van der Waals surface area contributed by atoms with E-state index in [1.54, 1.807) is 12.1 Å². The Balaban J connectivity index is 2.15. The van der Waals surface area contributed by atoms with Gasteiger partial charge in [0.15, 0.2) is 0 Å². The van der Waals surface area contributed by atoms with E-state index in [9.17, 15) is 14.9 Å². The van der Waals surface area contributed by atoms with Crippen LogP contribution in [0, 0.1) is 26.9 Å². The molecule has 0 heterocycles. The minimum absolute atomic E-state index is 0.0501. The van der Waals surface area contributed by atoms with Gasteiger partial charge in [0, 0.05) is 18.2 Å². The molecule has 0 amide bonds. The van der Waals surface area contributed by atoms with Crippen LogP contribution in [-0.2, 0) is 0 Å². The molecule has 1 aliphatic carbocycles. The first kappa shape index (κ1) is 14.5. The topological polar surface area (TPSA) is 72.2 Å². The molecule has 0 aliphatic heterocycles. The third kappa shape index (κ3) is 2.17. The SMILES string of the molecule is CC1(C)C(CNc2ccc(C=O)cc2[N+](=O)[O-])C1(C)C. The lowest BCUT2D eigenvalue weighted by Gasteiger charge is -2.08. The summed E-state index contributed by atoms with van der Waals surface area (Å²) in [5, 5.41) is 14.2. The normalized spacial score (nSPS) is 19.4. The lowest BCUT2D eigenvalue weighted by molar-refractivity contribution is -0.384. The molecule has 20 heavy (non-hydrogen) atoms. The monoisotopic (exact) mass is 276 g/mol. The first-order valence-corrected chi connectivity index (χ1v) is 6.69. The molecule has 0 saturated heterocycles. The molecule has 0 radical (unpaired) electrons. The molecule has 1 saturated carbocycles. The number of nitro groups is 1. The fraction of sp³-hybridized carbons (Fsp3) is 0.533. The first-order valence-electron chi connectivity index (χ1n) is 6.69. The zero-order valence-electron chi connectivity index (χ0n) is 12.3. The summed E-state index contributed by atoms with van der Waals surface area (Å²) in [7, 11) is 0. The van der Waals surface area contributed by atoms with E-state index in [4.69, 9.17) is 0 Å². The molecule has 5 nitrogen and oxygen atoms in total. The fourth-order valence-corrected chi connectivity index (χ4v) is 2.98. The van der Waals surface area contributed by atoms with Crippen molar-refractivity contribution in [2.75, 3.05) is 11.9 Å². The van der Waals surface area contributed by atoms with Gasteiger partial charge in [-0.2, -0.15) is 0 Å². The van der Waals surface area contributed by atoms with Crippen molar-refractivity contribution in [2.24, 2.45) is 16.7 Å². The van der Waals surface area contributed by atoms with Gasteiger partial charge in [-0.15, -0.1) is 0 Å². The Hall–Kier alpha value is -1.91. The van der Waals surface area contributed by atoms with Gasteiger partial charge in [-0.1, -0.05) is 27.7 Å². The predicted molar refractivity (Wildman–Crippen MR) is 78.0 cm³/mol. The Morgan fingerprint density at radius 3 is 2.35 bits per heavy atom. The summed E-state index contributed by atoms with van der Waals surface area (Å²) in [6.07, 6.45) is 0.615. The van der Waals surface area contributed by atoms with E-state index in [0.717, 1.165) is 0 Å². The van der Waals surface area contributed by atoms with Gasteiger partial charge in [-0.3, -0.25) is 14.9 Å². The molecule has 0 unspecified atom stereocenters. The van der Waals surface area contributed by atoms with Crippen LogP contribution in [0.25, 0.3) is 0 Å². The van der Waals surface area contributed by atoms with Crippen molar-refractivity contribution < 1.29 is 9.72 Å². The van der Waals surface area contributed by atoms with E-state index in [1.165, 1.54) is 6.07 Å². The molecule has 1 aromatic rings. The van der Waals surface area contributed by atoms with Crippen LogP contribution in [0.15, 0.2) is 18.2 Å². The minimum atomic E-state index is -0.460. The van der Waals surface area contributed by atoms with E-state index in [1.807, 2.05) is 0 Å². The molecular weight excluding hydrogens is 256 g/mol. The van der Waals surface area contributed by atoms with Crippen LogP contribution < -0.4 is 5.32 Å². The van der Waals surface area contributed by atoms with Crippen molar-refractivity contribution in [3.63, 3.8) is 0 Å². The van der Waals surface area contributed by atoms with Crippen molar-refractivity contribution >= 4 is 17.7 Å². The number of nitro benzene ring substituents is 1. The van der Waals surface area contributed by atoms with Gasteiger partial charge in [0.1, 0.15) is 12.0 Å². The van der Waals surface area contributed by atoms with Crippen LogP contribution in [0.1, 0.15) is 38.1 Å². The van der Waals surface area contributed by atoms with Gasteiger partial charge in [0.25, 0.3) is 5.69 Å². The van der Waals surface area contributed by atoms with E-state index >= 15 is 0 Å². The van der Waals surface area contributed by atoms with Crippen molar-refractivity contribution in [2.45, 2.75) is 27.7 Å². The van der Waals surface area contributed by atoms with Crippen LogP contribution in [0.5, 0.6) is 0 Å². The lowest BCUT2D eigenvalue weighted by Crippen LogP contribution is -2.09. The highest BCUT2D eigenvalue weighted by molar-refractivity contribution is 5.79. The van der Waals surface area contributed by atoms with E-state index in [-0.39, 0.29) is 16.5 Å². The molecule has 0 aromatic heterocycles. The highest BCUT2D eigenvalue weighted by atomic mass is 16.6. The molecule has 1 N–H and O–H groups in total. The number of carbonyl (C=O) groups is 1. The lowest BCUT2D eigenvalue weighted by atomic mass is 10.0. The van der Waals surface area contributed by atoms with Crippen LogP contribution >= 0.6 is 0 Å². The van der Waals surface area contributed by atoms with Crippen LogP contribution in [0.3, 0.4) is 0 Å².